The van der Waals surface area contributed by atoms with E-state index in [2.05, 4.69) is 5.32 Å². The summed E-state index contributed by atoms with van der Waals surface area (Å²) in [6, 6.07) is 8.43. The van der Waals surface area contributed by atoms with E-state index >= 15 is 0 Å². The largest absolute Gasteiger partial charge is 0.366 e. The minimum Gasteiger partial charge on any atom is -0.366 e. The highest BCUT2D eigenvalue weighted by Gasteiger charge is 2.18. The molecule has 6 nitrogen and oxygen atoms in total. The lowest BCUT2D eigenvalue weighted by molar-refractivity contribution is -0.133. The topological polar surface area (TPSA) is 101 Å². The molecule has 3 amide bonds. The Morgan fingerprint density at radius 2 is 1.35 bits per heavy atom. The van der Waals surface area contributed by atoms with Crippen LogP contribution in [0.1, 0.15) is 10.4 Å². The van der Waals surface area contributed by atoms with Crippen LogP contribution in [0.15, 0.2) is 42.5 Å². The van der Waals surface area contributed by atoms with E-state index in [9.17, 15) is 23.2 Å². The van der Waals surface area contributed by atoms with Gasteiger partial charge in [-0.2, -0.15) is 0 Å². The predicted octanol–water partition coefficient (Wildman–Crippen LogP) is 1.64. The molecule has 0 spiro atoms. The Labute approximate surface area is 129 Å². The van der Waals surface area contributed by atoms with Crippen LogP contribution in [0, 0.1) is 11.6 Å². The second kappa shape index (κ2) is 6.65. The molecule has 0 saturated carbocycles. The fourth-order valence-corrected chi connectivity index (χ4v) is 1.69. The summed E-state index contributed by atoms with van der Waals surface area (Å²) < 4.78 is 26.8. The Balaban J connectivity index is 2.05. The SMILES string of the molecule is NC(=O)c1ccc(NC(=O)C(=O)Nc2c(F)cccc2F)cc1. The summed E-state index contributed by atoms with van der Waals surface area (Å²) in [6.45, 7) is 0. The van der Waals surface area contributed by atoms with Gasteiger partial charge in [-0.15, -0.1) is 0 Å². The molecule has 4 N–H and O–H groups in total. The summed E-state index contributed by atoms with van der Waals surface area (Å²) in [5.41, 5.74) is 4.79. The monoisotopic (exact) mass is 319 g/mol. The maximum absolute atomic E-state index is 13.4. The van der Waals surface area contributed by atoms with E-state index in [0.717, 1.165) is 18.2 Å². The number of primary amides is 1. The number of halogens is 2. The number of rotatable bonds is 3. The van der Waals surface area contributed by atoms with E-state index in [1.807, 2.05) is 5.32 Å². The van der Waals surface area contributed by atoms with Crippen molar-refractivity contribution in [2.45, 2.75) is 0 Å². The van der Waals surface area contributed by atoms with Gasteiger partial charge in [0.15, 0.2) is 0 Å². The lowest BCUT2D eigenvalue weighted by Crippen LogP contribution is -2.29. The minimum atomic E-state index is -1.24. The van der Waals surface area contributed by atoms with Gasteiger partial charge >= 0.3 is 11.8 Å². The van der Waals surface area contributed by atoms with Crippen molar-refractivity contribution in [3.8, 4) is 0 Å². The third kappa shape index (κ3) is 3.88. The molecule has 0 aliphatic heterocycles. The fraction of sp³-hybridized carbons (Fsp3) is 0. The second-order valence-electron chi connectivity index (χ2n) is 4.45. The first-order valence-electron chi connectivity index (χ1n) is 6.34. The van der Waals surface area contributed by atoms with Crippen LogP contribution in [0.25, 0.3) is 0 Å². The Morgan fingerprint density at radius 3 is 1.87 bits per heavy atom. The Kier molecular flexibility index (Phi) is 4.65. The molecule has 118 valence electrons. The van der Waals surface area contributed by atoms with Gasteiger partial charge in [0.1, 0.15) is 17.3 Å². The molecule has 0 aromatic heterocycles. The van der Waals surface area contributed by atoms with Crippen molar-refractivity contribution in [1.82, 2.24) is 0 Å². The van der Waals surface area contributed by atoms with Crippen LogP contribution in [0.3, 0.4) is 0 Å². The average Bonchev–Trinajstić information content (AvgIpc) is 2.51. The minimum absolute atomic E-state index is 0.212. The highest BCUT2D eigenvalue weighted by atomic mass is 19.1. The summed E-state index contributed by atoms with van der Waals surface area (Å²) in [5, 5.41) is 4.07. The first kappa shape index (κ1) is 16.1. The number of hydrogen-bond acceptors (Lipinski definition) is 3. The van der Waals surface area contributed by atoms with E-state index in [0.29, 0.717) is 0 Å². The van der Waals surface area contributed by atoms with Gasteiger partial charge in [-0.3, -0.25) is 14.4 Å². The van der Waals surface area contributed by atoms with Crippen molar-refractivity contribution in [1.29, 1.82) is 0 Å². The van der Waals surface area contributed by atoms with Crippen molar-refractivity contribution in [2.24, 2.45) is 5.73 Å². The van der Waals surface area contributed by atoms with Gasteiger partial charge in [-0.1, -0.05) is 6.07 Å². The van der Waals surface area contributed by atoms with E-state index in [1.165, 1.54) is 24.3 Å². The molecule has 0 saturated heterocycles. The van der Waals surface area contributed by atoms with Crippen LogP contribution < -0.4 is 16.4 Å². The summed E-state index contributed by atoms with van der Waals surface area (Å²) in [5.74, 6) is -5.02. The molecule has 2 rings (SSSR count). The molecule has 2 aromatic carbocycles. The van der Waals surface area contributed by atoms with Crippen LogP contribution in [-0.2, 0) is 9.59 Å². The molecule has 0 aliphatic carbocycles. The number of carbonyl (C=O) groups excluding carboxylic acids is 3. The quantitative estimate of drug-likeness (QED) is 0.750. The van der Waals surface area contributed by atoms with Crippen molar-refractivity contribution < 1.29 is 23.2 Å². The van der Waals surface area contributed by atoms with Gasteiger partial charge in [0.25, 0.3) is 0 Å². The number of amides is 3. The number of nitrogens with two attached hydrogens (primary N) is 1. The molecule has 0 radical (unpaired) electrons. The van der Waals surface area contributed by atoms with Crippen LogP contribution in [0.5, 0.6) is 0 Å². The zero-order valence-electron chi connectivity index (χ0n) is 11.6. The number of carbonyl (C=O) groups is 3. The Morgan fingerprint density at radius 1 is 0.826 bits per heavy atom. The fourth-order valence-electron chi connectivity index (χ4n) is 1.69. The maximum atomic E-state index is 13.4. The zero-order chi connectivity index (χ0) is 17.0. The standard InChI is InChI=1S/C15H11F2N3O3/c16-10-2-1-3-11(17)12(10)20-15(23)14(22)19-9-6-4-8(5-7-9)13(18)21/h1-7H,(H2,18,21)(H,19,22)(H,20,23). The van der Waals surface area contributed by atoms with Gasteiger partial charge in [0.2, 0.25) is 5.91 Å². The summed E-state index contributed by atoms with van der Waals surface area (Å²) >= 11 is 0. The number of anilines is 2. The third-order valence-electron chi connectivity index (χ3n) is 2.83. The molecule has 23 heavy (non-hydrogen) atoms. The van der Waals surface area contributed by atoms with Crippen LogP contribution in [0.4, 0.5) is 20.2 Å². The summed E-state index contributed by atoms with van der Waals surface area (Å²) in [4.78, 5) is 34.3. The first-order valence-corrected chi connectivity index (χ1v) is 6.34. The Hall–Kier alpha value is -3.29. The van der Waals surface area contributed by atoms with Gasteiger partial charge in [-0.05, 0) is 36.4 Å². The second-order valence-corrected chi connectivity index (χ2v) is 4.45. The first-order chi connectivity index (χ1) is 10.9. The number of hydrogen-bond donors (Lipinski definition) is 3. The normalized spacial score (nSPS) is 10.0. The van der Waals surface area contributed by atoms with E-state index < -0.39 is 35.0 Å². The van der Waals surface area contributed by atoms with Gasteiger partial charge in [-0.25, -0.2) is 8.78 Å². The van der Waals surface area contributed by atoms with Crippen molar-refractivity contribution in [3.63, 3.8) is 0 Å². The third-order valence-corrected chi connectivity index (χ3v) is 2.83. The maximum Gasteiger partial charge on any atom is 0.314 e. The predicted molar refractivity (Wildman–Crippen MR) is 78.6 cm³/mol. The molecular formula is C15H11F2N3O3. The summed E-state index contributed by atoms with van der Waals surface area (Å²) in [7, 11) is 0. The van der Waals surface area contributed by atoms with Gasteiger partial charge in [0, 0.05) is 11.3 Å². The van der Waals surface area contributed by atoms with E-state index in [1.54, 1.807) is 0 Å². The number of benzene rings is 2. The van der Waals surface area contributed by atoms with Crippen LogP contribution in [0.2, 0.25) is 0 Å². The molecule has 0 unspecified atom stereocenters. The highest BCUT2D eigenvalue weighted by molar-refractivity contribution is 6.43. The van der Waals surface area contributed by atoms with Gasteiger partial charge in [0.05, 0.1) is 0 Å². The van der Waals surface area contributed by atoms with Crippen molar-refractivity contribution >= 4 is 29.1 Å². The van der Waals surface area contributed by atoms with Crippen LogP contribution in [-0.4, -0.2) is 17.7 Å². The molecule has 0 heterocycles. The summed E-state index contributed by atoms with van der Waals surface area (Å²) in [6.07, 6.45) is 0. The van der Waals surface area contributed by atoms with E-state index in [4.69, 9.17) is 5.73 Å². The number of nitrogens with one attached hydrogen (secondary N) is 2. The lowest BCUT2D eigenvalue weighted by Gasteiger charge is -2.08. The molecule has 0 aliphatic rings. The average molecular weight is 319 g/mol. The number of para-hydroxylation sites is 1. The molecule has 0 bridgehead atoms. The Bertz CT molecular complexity index is 756. The zero-order valence-corrected chi connectivity index (χ0v) is 11.6. The van der Waals surface area contributed by atoms with Crippen molar-refractivity contribution in [2.75, 3.05) is 10.6 Å². The molecule has 8 heteroatoms. The van der Waals surface area contributed by atoms with Crippen molar-refractivity contribution in [3.05, 3.63) is 59.7 Å². The molecule has 2 aromatic rings. The smallest absolute Gasteiger partial charge is 0.314 e. The lowest BCUT2D eigenvalue weighted by atomic mass is 10.2. The van der Waals surface area contributed by atoms with Gasteiger partial charge < -0.3 is 16.4 Å². The van der Waals surface area contributed by atoms with E-state index in [-0.39, 0.29) is 11.3 Å². The highest BCUT2D eigenvalue weighted by Crippen LogP contribution is 2.18. The van der Waals surface area contributed by atoms with Crippen LogP contribution >= 0.6 is 0 Å². The molecule has 0 fully saturated rings. The molecular weight excluding hydrogens is 308 g/mol. The molecule has 0 atom stereocenters.